The van der Waals surface area contributed by atoms with Gasteiger partial charge < -0.3 is 10.6 Å². The monoisotopic (exact) mass is 240 g/mol. The van der Waals surface area contributed by atoms with Crippen LogP contribution in [0, 0.1) is 0 Å². The van der Waals surface area contributed by atoms with E-state index in [0.717, 1.165) is 6.42 Å². The van der Waals surface area contributed by atoms with Crippen LogP contribution < -0.4 is 10.6 Å². The topological polar surface area (TPSA) is 41.1 Å². The molecule has 0 fully saturated rings. The number of carbonyl (C=O) groups is 1. The van der Waals surface area contributed by atoms with Crippen LogP contribution in [0.5, 0.6) is 0 Å². The lowest BCUT2D eigenvalue weighted by molar-refractivity contribution is -0.120. The van der Waals surface area contributed by atoms with Gasteiger partial charge in [0.2, 0.25) is 5.91 Å². The minimum atomic E-state index is 0.0557. The maximum Gasteiger partial charge on any atom is 0.234 e. The molecule has 1 aromatic heterocycles. The molecule has 0 aliphatic rings. The fourth-order valence-electron chi connectivity index (χ4n) is 1.25. The minimum absolute atomic E-state index is 0.0557. The van der Waals surface area contributed by atoms with Gasteiger partial charge in [0.25, 0.3) is 0 Å². The number of rotatable bonds is 6. The zero-order valence-corrected chi connectivity index (χ0v) is 11.0. The molecule has 4 heteroatoms. The molecule has 0 unspecified atom stereocenters. The summed E-state index contributed by atoms with van der Waals surface area (Å²) in [5.74, 6) is 0.0557. The van der Waals surface area contributed by atoms with Gasteiger partial charge in [-0.3, -0.25) is 4.79 Å². The largest absolute Gasteiger partial charge is 0.350 e. The molecule has 0 bridgehead atoms. The first-order valence-electron chi connectivity index (χ1n) is 5.69. The standard InChI is InChI=1S/C12H20N2OS/c1-4-10-5-6-11(16-10)7-14-12(15)8-13-9(2)3/h5-6,9,13H,4,7-8H2,1-3H3,(H,14,15). The van der Waals surface area contributed by atoms with E-state index in [2.05, 4.69) is 29.7 Å². The SMILES string of the molecule is CCc1ccc(CNC(=O)CNC(C)C)s1. The van der Waals surface area contributed by atoms with Crippen LogP contribution in [0.4, 0.5) is 0 Å². The smallest absolute Gasteiger partial charge is 0.234 e. The second-order valence-electron chi connectivity index (χ2n) is 4.03. The van der Waals surface area contributed by atoms with Crippen molar-refractivity contribution < 1.29 is 4.79 Å². The number of thiophene rings is 1. The zero-order valence-electron chi connectivity index (χ0n) is 10.2. The van der Waals surface area contributed by atoms with Crippen molar-refractivity contribution in [2.24, 2.45) is 0 Å². The molecule has 1 aromatic rings. The molecule has 0 radical (unpaired) electrons. The first-order chi connectivity index (χ1) is 7.61. The van der Waals surface area contributed by atoms with Crippen LogP contribution in [0.15, 0.2) is 12.1 Å². The highest BCUT2D eigenvalue weighted by Crippen LogP contribution is 2.16. The molecule has 3 nitrogen and oxygen atoms in total. The van der Waals surface area contributed by atoms with Gasteiger partial charge in [-0.1, -0.05) is 20.8 Å². The number of aryl methyl sites for hydroxylation is 1. The second-order valence-corrected chi connectivity index (χ2v) is 5.29. The maximum atomic E-state index is 11.4. The van der Waals surface area contributed by atoms with Crippen molar-refractivity contribution in [3.05, 3.63) is 21.9 Å². The van der Waals surface area contributed by atoms with E-state index in [1.165, 1.54) is 9.75 Å². The summed E-state index contributed by atoms with van der Waals surface area (Å²) in [7, 11) is 0. The van der Waals surface area contributed by atoms with Crippen molar-refractivity contribution in [1.29, 1.82) is 0 Å². The van der Waals surface area contributed by atoms with Crippen molar-refractivity contribution in [2.75, 3.05) is 6.54 Å². The molecule has 1 rings (SSSR count). The predicted molar refractivity (Wildman–Crippen MR) is 68.7 cm³/mol. The van der Waals surface area contributed by atoms with Gasteiger partial charge in [-0.05, 0) is 18.6 Å². The van der Waals surface area contributed by atoms with Crippen molar-refractivity contribution in [3.8, 4) is 0 Å². The normalized spacial score (nSPS) is 10.8. The van der Waals surface area contributed by atoms with Gasteiger partial charge in [0, 0.05) is 15.8 Å². The van der Waals surface area contributed by atoms with E-state index in [1.54, 1.807) is 11.3 Å². The Morgan fingerprint density at radius 1 is 1.38 bits per heavy atom. The second kappa shape index (κ2) is 6.66. The van der Waals surface area contributed by atoms with Crippen LogP contribution in [0.25, 0.3) is 0 Å². The van der Waals surface area contributed by atoms with Crippen molar-refractivity contribution in [2.45, 2.75) is 39.8 Å². The lowest BCUT2D eigenvalue weighted by atomic mass is 10.3. The van der Waals surface area contributed by atoms with E-state index in [9.17, 15) is 4.79 Å². The number of hydrogen-bond donors (Lipinski definition) is 2. The molecule has 0 aliphatic carbocycles. The summed E-state index contributed by atoms with van der Waals surface area (Å²) in [6.07, 6.45) is 1.06. The van der Waals surface area contributed by atoms with Crippen molar-refractivity contribution in [3.63, 3.8) is 0 Å². The highest BCUT2D eigenvalue weighted by atomic mass is 32.1. The van der Waals surface area contributed by atoms with Gasteiger partial charge >= 0.3 is 0 Å². The van der Waals surface area contributed by atoms with Crippen LogP contribution in [0.1, 0.15) is 30.5 Å². The molecule has 90 valence electrons. The molecule has 1 amide bonds. The van der Waals surface area contributed by atoms with Crippen molar-refractivity contribution in [1.82, 2.24) is 10.6 Å². The summed E-state index contributed by atoms with van der Waals surface area (Å²) in [6.45, 7) is 7.23. The zero-order chi connectivity index (χ0) is 12.0. The molecule has 0 saturated carbocycles. The molecule has 2 N–H and O–H groups in total. The molecule has 0 spiro atoms. The Bertz CT molecular complexity index is 334. The molecule has 0 aliphatic heterocycles. The van der Waals surface area contributed by atoms with Crippen molar-refractivity contribution >= 4 is 17.2 Å². The van der Waals surface area contributed by atoms with E-state index < -0.39 is 0 Å². The minimum Gasteiger partial charge on any atom is -0.350 e. The van der Waals surface area contributed by atoms with E-state index in [-0.39, 0.29) is 5.91 Å². The van der Waals surface area contributed by atoms with Crippen LogP contribution in [0.3, 0.4) is 0 Å². The predicted octanol–water partition coefficient (Wildman–Crippen LogP) is 1.92. The Kier molecular flexibility index (Phi) is 5.49. The van der Waals surface area contributed by atoms with Gasteiger partial charge in [-0.25, -0.2) is 0 Å². The quantitative estimate of drug-likeness (QED) is 0.797. The fraction of sp³-hybridized carbons (Fsp3) is 0.583. The molecule has 16 heavy (non-hydrogen) atoms. The third-order valence-corrected chi connectivity index (χ3v) is 3.43. The highest BCUT2D eigenvalue weighted by Gasteiger charge is 2.03. The molecule has 0 atom stereocenters. The lowest BCUT2D eigenvalue weighted by Crippen LogP contribution is -2.36. The van der Waals surface area contributed by atoms with Crippen LogP contribution in [-0.2, 0) is 17.8 Å². The maximum absolute atomic E-state index is 11.4. The average molecular weight is 240 g/mol. The van der Waals surface area contributed by atoms with Gasteiger partial charge in [-0.15, -0.1) is 11.3 Å². The summed E-state index contributed by atoms with van der Waals surface area (Å²) < 4.78 is 0. The summed E-state index contributed by atoms with van der Waals surface area (Å²) >= 11 is 1.76. The molecular weight excluding hydrogens is 220 g/mol. The summed E-state index contributed by atoms with van der Waals surface area (Å²) in [5, 5.41) is 5.99. The third-order valence-electron chi connectivity index (χ3n) is 2.20. The van der Waals surface area contributed by atoms with E-state index in [1.807, 2.05) is 13.8 Å². The number of carbonyl (C=O) groups excluding carboxylic acids is 1. The third kappa shape index (κ3) is 4.77. The summed E-state index contributed by atoms with van der Waals surface area (Å²) in [5.41, 5.74) is 0. The van der Waals surface area contributed by atoms with Crippen LogP contribution in [-0.4, -0.2) is 18.5 Å². The van der Waals surface area contributed by atoms with E-state index in [0.29, 0.717) is 19.1 Å². The first kappa shape index (κ1) is 13.2. The molecule has 0 saturated heterocycles. The Morgan fingerprint density at radius 3 is 2.62 bits per heavy atom. The number of hydrogen-bond acceptors (Lipinski definition) is 3. The van der Waals surface area contributed by atoms with Crippen LogP contribution >= 0.6 is 11.3 Å². The Hall–Kier alpha value is -0.870. The fourth-order valence-corrected chi connectivity index (χ4v) is 2.15. The van der Waals surface area contributed by atoms with Crippen LogP contribution in [0.2, 0.25) is 0 Å². The van der Waals surface area contributed by atoms with E-state index in [4.69, 9.17) is 0 Å². The van der Waals surface area contributed by atoms with Gasteiger partial charge in [0.05, 0.1) is 13.1 Å². The highest BCUT2D eigenvalue weighted by molar-refractivity contribution is 7.11. The first-order valence-corrected chi connectivity index (χ1v) is 6.51. The Labute approximate surface area is 101 Å². The number of nitrogens with one attached hydrogen (secondary N) is 2. The lowest BCUT2D eigenvalue weighted by Gasteiger charge is -2.07. The summed E-state index contributed by atoms with van der Waals surface area (Å²) in [6, 6.07) is 4.55. The van der Waals surface area contributed by atoms with Gasteiger partial charge in [0.1, 0.15) is 0 Å². The molecular formula is C12H20N2OS. The average Bonchev–Trinajstić information content (AvgIpc) is 2.71. The summed E-state index contributed by atoms with van der Waals surface area (Å²) in [4.78, 5) is 14.0. The number of amides is 1. The Balaban J connectivity index is 2.26. The van der Waals surface area contributed by atoms with Gasteiger partial charge in [-0.2, -0.15) is 0 Å². The van der Waals surface area contributed by atoms with E-state index >= 15 is 0 Å². The molecule has 1 heterocycles. The molecule has 0 aromatic carbocycles. The van der Waals surface area contributed by atoms with Gasteiger partial charge in [0.15, 0.2) is 0 Å². The Morgan fingerprint density at radius 2 is 2.06 bits per heavy atom.